The largest absolute Gasteiger partial charge is 0.458 e. The van der Waals surface area contributed by atoms with Gasteiger partial charge in [-0.15, -0.1) is 0 Å². The van der Waals surface area contributed by atoms with Gasteiger partial charge < -0.3 is 9.47 Å². The van der Waals surface area contributed by atoms with Crippen molar-refractivity contribution in [2.45, 2.75) is 13.0 Å². The number of ether oxygens (including phenoxy) is 2. The highest BCUT2D eigenvalue weighted by atomic mass is 16.6. The van der Waals surface area contributed by atoms with Crippen LogP contribution in [0.2, 0.25) is 0 Å². The number of nitro benzene ring substituents is 2. The van der Waals surface area contributed by atoms with Crippen LogP contribution in [0, 0.1) is 20.2 Å². The number of carbonyl (C=O) groups is 2. The summed E-state index contributed by atoms with van der Waals surface area (Å²) in [6, 6.07) is 9.74. The van der Waals surface area contributed by atoms with Crippen LogP contribution >= 0.6 is 0 Å². The fourth-order valence-corrected chi connectivity index (χ4v) is 2.00. The van der Waals surface area contributed by atoms with Gasteiger partial charge in [0.2, 0.25) is 0 Å². The van der Waals surface area contributed by atoms with Gasteiger partial charge >= 0.3 is 11.9 Å². The SMILES string of the molecule is C[C@@H](COC(=O)c1ccc([N+](=O)[O-])cc1)OC(=O)c1ccc([N+](=O)[O-])cc1. The molecule has 0 aliphatic heterocycles. The van der Waals surface area contributed by atoms with Crippen LogP contribution < -0.4 is 0 Å². The number of carbonyl (C=O) groups excluding carboxylic acids is 2. The van der Waals surface area contributed by atoms with Gasteiger partial charge in [0, 0.05) is 24.3 Å². The molecule has 0 N–H and O–H groups in total. The van der Waals surface area contributed by atoms with Gasteiger partial charge in [0.15, 0.2) is 0 Å². The zero-order chi connectivity index (χ0) is 20.0. The third-order valence-corrected chi connectivity index (χ3v) is 3.39. The van der Waals surface area contributed by atoms with E-state index in [0.29, 0.717) is 0 Å². The Labute approximate surface area is 152 Å². The second kappa shape index (κ2) is 8.52. The number of benzene rings is 2. The number of hydrogen-bond donors (Lipinski definition) is 0. The van der Waals surface area contributed by atoms with E-state index in [9.17, 15) is 29.8 Å². The molecule has 0 saturated carbocycles. The highest BCUT2D eigenvalue weighted by molar-refractivity contribution is 5.90. The van der Waals surface area contributed by atoms with E-state index in [1.165, 1.54) is 55.5 Å². The van der Waals surface area contributed by atoms with Crippen LogP contribution in [0.5, 0.6) is 0 Å². The Bertz CT molecular complexity index is 862. The van der Waals surface area contributed by atoms with E-state index in [0.717, 1.165) is 0 Å². The molecular formula is C17H14N2O8. The molecule has 0 bridgehead atoms. The quantitative estimate of drug-likeness (QED) is 0.409. The molecule has 0 heterocycles. The number of hydrogen-bond acceptors (Lipinski definition) is 8. The zero-order valence-electron chi connectivity index (χ0n) is 14.1. The fourth-order valence-electron chi connectivity index (χ4n) is 2.00. The Morgan fingerprint density at radius 3 is 1.67 bits per heavy atom. The molecule has 0 spiro atoms. The van der Waals surface area contributed by atoms with E-state index >= 15 is 0 Å². The van der Waals surface area contributed by atoms with Gasteiger partial charge in [-0.3, -0.25) is 20.2 Å². The minimum absolute atomic E-state index is 0.120. The van der Waals surface area contributed by atoms with E-state index in [-0.39, 0.29) is 29.1 Å². The van der Waals surface area contributed by atoms with Gasteiger partial charge in [-0.2, -0.15) is 0 Å². The molecule has 2 rings (SSSR count). The predicted molar refractivity (Wildman–Crippen MR) is 91.4 cm³/mol. The van der Waals surface area contributed by atoms with Crippen LogP contribution in [0.1, 0.15) is 27.6 Å². The van der Waals surface area contributed by atoms with Crippen molar-refractivity contribution >= 4 is 23.3 Å². The van der Waals surface area contributed by atoms with E-state index < -0.39 is 27.9 Å². The van der Waals surface area contributed by atoms with Crippen molar-refractivity contribution < 1.29 is 28.9 Å². The molecule has 0 aliphatic rings. The van der Waals surface area contributed by atoms with Crippen molar-refractivity contribution in [3.05, 3.63) is 79.9 Å². The molecule has 0 unspecified atom stereocenters. The van der Waals surface area contributed by atoms with Crippen molar-refractivity contribution in [2.75, 3.05) is 6.61 Å². The van der Waals surface area contributed by atoms with Gasteiger partial charge in [-0.1, -0.05) is 0 Å². The normalized spacial score (nSPS) is 11.3. The maximum Gasteiger partial charge on any atom is 0.338 e. The summed E-state index contributed by atoms with van der Waals surface area (Å²) in [6.45, 7) is 1.28. The first-order chi connectivity index (χ1) is 12.8. The molecule has 10 heteroatoms. The molecule has 0 fully saturated rings. The number of nitro groups is 2. The summed E-state index contributed by atoms with van der Waals surface area (Å²) in [6.07, 6.45) is -0.769. The Morgan fingerprint density at radius 2 is 1.26 bits per heavy atom. The molecule has 0 radical (unpaired) electrons. The van der Waals surface area contributed by atoms with E-state index in [2.05, 4.69) is 0 Å². The molecule has 1 atom stereocenters. The smallest absolute Gasteiger partial charge is 0.338 e. The molecule has 0 aliphatic carbocycles. The lowest BCUT2D eigenvalue weighted by molar-refractivity contribution is -0.385. The first kappa shape index (κ1) is 19.5. The molecule has 140 valence electrons. The zero-order valence-corrected chi connectivity index (χ0v) is 14.1. The molecule has 0 aromatic heterocycles. The van der Waals surface area contributed by atoms with Crippen LogP contribution in [0.4, 0.5) is 11.4 Å². The highest BCUT2D eigenvalue weighted by Crippen LogP contribution is 2.14. The summed E-state index contributed by atoms with van der Waals surface area (Å²) in [5, 5.41) is 21.2. The van der Waals surface area contributed by atoms with Crippen molar-refractivity contribution in [1.82, 2.24) is 0 Å². The Morgan fingerprint density at radius 1 is 0.852 bits per heavy atom. The number of rotatable bonds is 7. The van der Waals surface area contributed by atoms with E-state index in [4.69, 9.17) is 9.47 Å². The minimum Gasteiger partial charge on any atom is -0.458 e. The first-order valence-electron chi connectivity index (χ1n) is 7.65. The monoisotopic (exact) mass is 374 g/mol. The lowest BCUT2D eigenvalue weighted by Crippen LogP contribution is -2.22. The average molecular weight is 374 g/mol. The third-order valence-electron chi connectivity index (χ3n) is 3.39. The van der Waals surface area contributed by atoms with Crippen molar-refractivity contribution in [3.8, 4) is 0 Å². The topological polar surface area (TPSA) is 139 Å². The standard InChI is InChI=1S/C17H14N2O8/c1-11(27-17(21)13-4-8-15(9-5-13)19(24)25)10-26-16(20)12-2-6-14(7-3-12)18(22)23/h2-9,11H,10H2,1H3/t11-/m0/s1. The molecular weight excluding hydrogens is 360 g/mol. The lowest BCUT2D eigenvalue weighted by atomic mass is 10.2. The third kappa shape index (κ3) is 5.33. The van der Waals surface area contributed by atoms with Crippen LogP contribution in [-0.2, 0) is 9.47 Å². The minimum atomic E-state index is -0.769. The van der Waals surface area contributed by atoms with E-state index in [1.807, 2.05) is 0 Å². The molecule has 27 heavy (non-hydrogen) atoms. The Balaban J connectivity index is 1.86. The second-order valence-corrected chi connectivity index (χ2v) is 5.42. The van der Waals surface area contributed by atoms with Gasteiger partial charge in [0.25, 0.3) is 11.4 Å². The average Bonchev–Trinajstić information content (AvgIpc) is 2.66. The number of nitrogens with zero attached hydrogens (tertiary/aromatic N) is 2. The van der Waals surface area contributed by atoms with Crippen molar-refractivity contribution in [2.24, 2.45) is 0 Å². The molecule has 2 aromatic carbocycles. The molecule has 2 aromatic rings. The lowest BCUT2D eigenvalue weighted by Gasteiger charge is -2.13. The van der Waals surface area contributed by atoms with E-state index in [1.54, 1.807) is 0 Å². The van der Waals surface area contributed by atoms with Crippen molar-refractivity contribution in [1.29, 1.82) is 0 Å². The summed E-state index contributed by atoms with van der Waals surface area (Å²) >= 11 is 0. The second-order valence-electron chi connectivity index (χ2n) is 5.42. The van der Waals surface area contributed by atoms with Crippen molar-refractivity contribution in [3.63, 3.8) is 0 Å². The van der Waals surface area contributed by atoms with Gasteiger partial charge in [-0.05, 0) is 31.2 Å². The molecule has 0 amide bonds. The summed E-state index contributed by atoms with van der Waals surface area (Å²) in [4.78, 5) is 43.8. The summed E-state index contributed by atoms with van der Waals surface area (Å²) < 4.78 is 10.1. The molecule has 10 nitrogen and oxygen atoms in total. The summed E-state index contributed by atoms with van der Waals surface area (Å²) in [5.74, 6) is -1.44. The summed E-state index contributed by atoms with van der Waals surface area (Å²) in [5.41, 5.74) is -0.0720. The molecule has 0 saturated heterocycles. The highest BCUT2D eigenvalue weighted by Gasteiger charge is 2.16. The number of esters is 2. The van der Waals surface area contributed by atoms with Gasteiger partial charge in [0.05, 0.1) is 21.0 Å². The first-order valence-corrected chi connectivity index (χ1v) is 7.65. The Hall–Kier alpha value is -3.82. The Kier molecular flexibility index (Phi) is 6.15. The van der Waals surface area contributed by atoms with Gasteiger partial charge in [-0.25, -0.2) is 9.59 Å². The van der Waals surface area contributed by atoms with Crippen LogP contribution in [0.3, 0.4) is 0 Å². The predicted octanol–water partition coefficient (Wildman–Crippen LogP) is 2.91. The van der Waals surface area contributed by atoms with Crippen LogP contribution in [0.15, 0.2) is 48.5 Å². The summed E-state index contributed by atoms with van der Waals surface area (Å²) in [7, 11) is 0. The maximum atomic E-state index is 12.0. The fraction of sp³-hybridized carbons (Fsp3) is 0.176. The maximum absolute atomic E-state index is 12.0. The number of non-ortho nitro benzene ring substituents is 2. The van der Waals surface area contributed by atoms with Crippen LogP contribution in [-0.4, -0.2) is 34.5 Å². The van der Waals surface area contributed by atoms with Gasteiger partial charge in [0.1, 0.15) is 12.7 Å². The van der Waals surface area contributed by atoms with Crippen LogP contribution in [0.25, 0.3) is 0 Å².